The summed E-state index contributed by atoms with van der Waals surface area (Å²) < 4.78 is 30.2. The summed E-state index contributed by atoms with van der Waals surface area (Å²) in [5.74, 6) is 1.18. The Bertz CT molecular complexity index is 616. The number of rotatable bonds is 5. The highest BCUT2D eigenvalue weighted by Gasteiger charge is 2.30. The van der Waals surface area contributed by atoms with E-state index in [4.69, 9.17) is 4.74 Å². The van der Waals surface area contributed by atoms with Gasteiger partial charge in [-0.2, -0.15) is 0 Å². The number of piperidine rings is 1. The van der Waals surface area contributed by atoms with E-state index in [1.54, 1.807) is 11.4 Å². The SMILES string of the molecule is COc1ccc(C)cc1CN[C@@H]1CCN(S(C)(=O)=O)C[C@H]1C. The highest BCUT2D eigenvalue weighted by atomic mass is 32.2. The molecule has 1 heterocycles. The van der Waals surface area contributed by atoms with E-state index in [2.05, 4.69) is 25.2 Å². The number of methoxy groups -OCH3 is 1. The van der Waals surface area contributed by atoms with Crippen LogP contribution in [0.2, 0.25) is 0 Å². The Balaban J connectivity index is 1.97. The second kappa shape index (κ2) is 6.98. The summed E-state index contributed by atoms with van der Waals surface area (Å²) in [5, 5.41) is 3.56. The molecule has 124 valence electrons. The van der Waals surface area contributed by atoms with Crippen LogP contribution in [0.1, 0.15) is 24.5 Å². The summed E-state index contributed by atoms with van der Waals surface area (Å²) in [7, 11) is -1.40. The molecule has 0 aliphatic carbocycles. The van der Waals surface area contributed by atoms with Crippen LogP contribution in [0.3, 0.4) is 0 Å². The predicted molar refractivity (Wildman–Crippen MR) is 88.6 cm³/mol. The highest BCUT2D eigenvalue weighted by Crippen LogP contribution is 2.22. The van der Waals surface area contributed by atoms with Crippen molar-refractivity contribution in [2.45, 2.75) is 32.9 Å². The Morgan fingerprint density at radius 2 is 2.14 bits per heavy atom. The van der Waals surface area contributed by atoms with E-state index >= 15 is 0 Å². The topological polar surface area (TPSA) is 58.6 Å². The number of nitrogens with zero attached hydrogens (tertiary/aromatic N) is 1. The van der Waals surface area contributed by atoms with Crippen molar-refractivity contribution in [3.8, 4) is 5.75 Å². The van der Waals surface area contributed by atoms with Gasteiger partial charge in [0.2, 0.25) is 10.0 Å². The molecule has 5 nitrogen and oxygen atoms in total. The average molecular weight is 326 g/mol. The summed E-state index contributed by atoms with van der Waals surface area (Å²) in [5.41, 5.74) is 2.35. The maximum atomic E-state index is 11.6. The van der Waals surface area contributed by atoms with Gasteiger partial charge in [0.25, 0.3) is 0 Å². The van der Waals surface area contributed by atoms with E-state index in [9.17, 15) is 8.42 Å². The quantitative estimate of drug-likeness (QED) is 0.896. The van der Waals surface area contributed by atoms with Crippen molar-refractivity contribution in [2.75, 3.05) is 26.5 Å². The molecule has 2 atom stereocenters. The maximum absolute atomic E-state index is 11.6. The van der Waals surface area contributed by atoms with Crippen molar-refractivity contribution < 1.29 is 13.2 Å². The number of hydrogen-bond donors (Lipinski definition) is 1. The summed E-state index contributed by atoms with van der Waals surface area (Å²) in [6.45, 7) is 6.07. The second-order valence-electron chi connectivity index (χ2n) is 6.19. The number of sulfonamides is 1. The number of aryl methyl sites for hydroxylation is 1. The number of hydrogen-bond acceptors (Lipinski definition) is 4. The van der Waals surface area contributed by atoms with E-state index in [-0.39, 0.29) is 0 Å². The minimum absolute atomic E-state index is 0.291. The lowest BCUT2D eigenvalue weighted by molar-refractivity contribution is 0.219. The van der Waals surface area contributed by atoms with Gasteiger partial charge in [0.15, 0.2) is 0 Å². The first-order valence-corrected chi connectivity index (χ1v) is 9.48. The zero-order valence-corrected chi connectivity index (χ0v) is 14.6. The lowest BCUT2D eigenvalue weighted by atomic mass is 9.95. The standard InChI is InChI=1S/C16H26N2O3S/c1-12-5-6-16(21-3)14(9-12)10-17-15-7-8-18(11-13(15)2)22(4,19)20/h5-6,9,13,15,17H,7-8,10-11H2,1-4H3/t13-,15-/m1/s1. The molecule has 1 aromatic rings. The van der Waals surface area contributed by atoms with Crippen molar-refractivity contribution in [2.24, 2.45) is 5.92 Å². The molecule has 2 rings (SSSR count). The molecule has 6 heteroatoms. The van der Waals surface area contributed by atoms with Gasteiger partial charge in [0.1, 0.15) is 5.75 Å². The Morgan fingerprint density at radius 3 is 2.73 bits per heavy atom. The van der Waals surface area contributed by atoms with Gasteiger partial charge in [-0.1, -0.05) is 24.6 Å². The summed E-state index contributed by atoms with van der Waals surface area (Å²) in [4.78, 5) is 0. The van der Waals surface area contributed by atoms with Gasteiger partial charge >= 0.3 is 0 Å². The van der Waals surface area contributed by atoms with Crippen LogP contribution in [0.5, 0.6) is 5.75 Å². The fourth-order valence-corrected chi connectivity index (χ4v) is 3.94. The van der Waals surface area contributed by atoms with E-state index < -0.39 is 10.0 Å². The van der Waals surface area contributed by atoms with Gasteiger partial charge in [-0.3, -0.25) is 0 Å². The van der Waals surface area contributed by atoms with Crippen molar-refractivity contribution in [3.63, 3.8) is 0 Å². The number of nitrogens with one attached hydrogen (secondary N) is 1. The lowest BCUT2D eigenvalue weighted by Crippen LogP contribution is -2.49. The minimum atomic E-state index is -3.08. The molecule has 0 amide bonds. The third kappa shape index (κ3) is 4.21. The van der Waals surface area contributed by atoms with Gasteiger partial charge in [-0.25, -0.2) is 12.7 Å². The molecule has 0 unspecified atom stereocenters. The van der Waals surface area contributed by atoms with Gasteiger partial charge in [0, 0.05) is 31.2 Å². The molecule has 1 saturated heterocycles. The smallest absolute Gasteiger partial charge is 0.211 e. The Morgan fingerprint density at radius 1 is 1.41 bits per heavy atom. The molecule has 1 fully saturated rings. The van der Waals surface area contributed by atoms with Crippen molar-refractivity contribution in [3.05, 3.63) is 29.3 Å². The fraction of sp³-hybridized carbons (Fsp3) is 0.625. The Hall–Kier alpha value is -1.11. The summed E-state index contributed by atoms with van der Waals surface area (Å²) in [6, 6.07) is 6.47. The third-order valence-electron chi connectivity index (χ3n) is 4.33. The van der Waals surface area contributed by atoms with Gasteiger partial charge < -0.3 is 10.1 Å². The zero-order chi connectivity index (χ0) is 16.3. The predicted octanol–water partition coefficient (Wildman–Crippen LogP) is 1.76. The average Bonchev–Trinajstić information content (AvgIpc) is 2.45. The largest absolute Gasteiger partial charge is 0.496 e. The van der Waals surface area contributed by atoms with Gasteiger partial charge in [0.05, 0.1) is 13.4 Å². The molecule has 1 aliphatic heterocycles. The zero-order valence-electron chi connectivity index (χ0n) is 13.8. The van der Waals surface area contributed by atoms with E-state index in [1.807, 2.05) is 12.1 Å². The van der Waals surface area contributed by atoms with Gasteiger partial charge in [-0.15, -0.1) is 0 Å². The Kier molecular flexibility index (Phi) is 5.47. The van der Waals surface area contributed by atoms with Gasteiger partial charge in [-0.05, 0) is 25.3 Å². The first kappa shape index (κ1) is 17.2. The van der Waals surface area contributed by atoms with Crippen LogP contribution in [0, 0.1) is 12.8 Å². The molecule has 1 aromatic carbocycles. The van der Waals surface area contributed by atoms with E-state index in [1.165, 1.54) is 11.8 Å². The summed E-state index contributed by atoms with van der Waals surface area (Å²) in [6.07, 6.45) is 2.12. The highest BCUT2D eigenvalue weighted by molar-refractivity contribution is 7.88. The van der Waals surface area contributed by atoms with Crippen LogP contribution in [0.25, 0.3) is 0 Å². The molecule has 0 bridgehead atoms. The van der Waals surface area contributed by atoms with Crippen LogP contribution >= 0.6 is 0 Å². The third-order valence-corrected chi connectivity index (χ3v) is 5.60. The normalized spacial score (nSPS) is 23.5. The fourth-order valence-electron chi connectivity index (χ4n) is 3.00. The van der Waals surface area contributed by atoms with Crippen LogP contribution in [-0.4, -0.2) is 45.2 Å². The van der Waals surface area contributed by atoms with E-state index in [0.29, 0.717) is 25.0 Å². The minimum Gasteiger partial charge on any atom is -0.496 e. The summed E-state index contributed by atoms with van der Waals surface area (Å²) >= 11 is 0. The molecule has 0 aromatic heterocycles. The van der Waals surface area contributed by atoms with Crippen LogP contribution in [0.15, 0.2) is 18.2 Å². The molecule has 1 N–H and O–H groups in total. The molecule has 22 heavy (non-hydrogen) atoms. The van der Waals surface area contributed by atoms with Crippen LogP contribution in [-0.2, 0) is 16.6 Å². The van der Waals surface area contributed by atoms with Crippen molar-refractivity contribution >= 4 is 10.0 Å². The molecule has 1 aliphatic rings. The van der Waals surface area contributed by atoms with E-state index in [0.717, 1.165) is 24.3 Å². The van der Waals surface area contributed by atoms with Crippen LogP contribution < -0.4 is 10.1 Å². The Labute approximate surface area is 133 Å². The van der Waals surface area contributed by atoms with Crippen molar-refractivity contribution in [1.29, 1.82) is 0 Å². The van der Waals surface area contributed by atoms with Crippen molar-refractivity contribution in [1.82, 2.24) is 9.62 Å². The first-order chi connectivity index (χ1) is 10.3. The molecule has 0 saturated carbocycles. The lowest BCUT2D eigenvalue weighted by Gasteiger charge is -2.36. The second-order valence-corrected chi connectivity index (χ2v) is 8.17. The maximum Gasteiger partial charge on any atom is 0.211 e. The molecule has 0 spiro atoms. The van der Waals surface area contributed by atoms with Crippen LogP contribution in [0.4, 0.5) is 0 Å². The molecular formula is C16H26N2O3S. The molecular weight excluding hydrogens is 300 g/mol. The number of ether oxygens (including phenoxy) is 1. The number of benzene rings is 1. The molecule has 0 radical (unpaired) electrons. The monoisotopic (exact) mass is 326 g/mol. The first-order valence-electron chi connectivity index (χ1n) is 7.63.